The molecule has 0 saturated heterocycles. The predicted molar refractivity (Wildman–Crippen MR) is 49.3 cm³/mol. The van der Waals surface area contributed by atoms with E-state index in [1.54, 1.807) is 0 Å². The Morgan fingerprint density at radius 1 is 0.929 bits per heavy atom. The van der Waals surface area contributed by atoms with Crippen LogP contribution in [-0.2, 0) is 9.59 Å². The zero-order valence-electron chi connectivity index (χ0n) is 7.69. The maximum Gasteiger partial charge on any atom is 0.244 e. The zero-order valence-corrected chi connectivity index (χ0v) is 7.69. The second-order valence-corrected chi connectivity index (χ2v) is 2.36. The summed E-state index contributed by atoms with van der Waals surface area (Å²) in [5.74, 6) is -0.892. The molecule has 0 aliphatic carbocycles. The van der Waals surface area contributed by atoms with Gasteiger partial charge in [-0.3, -0.25) is 9.59 Å². The van der Waals surface area contributed by atoms with Crippen LogP contribution < -0.4 is 10.6 Å². The van der Waals surface area contributed by atoms with Crippen molar-refractivity contribution in [2.24, 2.45) is 0 Å². The van der Waals surface area contributed by atoms with Crippen LogP contribution >= 0.6 is 0 Å². The highest BCUT2D eigenvalue weighted by Crippen LogP contribution is 1.74. The molecular weight excluding hydrogens is 188 g/mol. The number of rotatable bonds is 6. The maximum absolute atomic E-state index is 10.8. The van der Waals surface area contributed by atoms with Crippen LogP contribution in [0.2, 0.25) is 0 Å². The first-order chi connectivity index (χ1) is 6.70. The van der Waals surface area contributed by atoms with Gasteiger partial charge in [0, 0.05) is 25.2 Å². The summed E-state index contributed by atoms with van der Waals surface area (Å²) in [4.78, 5) is 21.7. The lowest BCUT2D eigenvalue weighted by Crippen LogP contribution is -2.27. The number of aliphatic hydroxyl groups is 2. The molecule has 0 rings (SSSR count). The molecule has 14 heavy (non-hydrogen) atoms. The van der Waals surface area contributed by atoms with Gasteiger partial charge >= 0.3 is 0 Å². The fourth-order valence-electron chi connectivity index (χ4n) is 0.627. The van der Waals surface area contributed by atoms with Gasteiger partial charge in [0.15, 0.2) is 0 Å². The predicted octanol–water partition coefficient (Wildman–Crippen LogP) is -2.24. The second kappa shape index (κ2) is 8.21. The van der Waals surface area contributed by atoms with Crippen LogP contribution in [0, 0.1) is 0 Å². The number of amides is 2. The highest BCUT2D eigenvalue weighted by molar-refractivity contribution is 5.96. The van der Waals surface area contributed by atoms with Gasteiger partial charge in [0.1, 0.15) is 0 Å². The third-order valence-corrected chi connectivity index (χ3v) is 1.21. The lowest BCUT2D eigenvalue weighted by atomic mass is 10.4. The molecule has 6 nitrogen and oxygen atoms in total. The molecule has 0 aromatic rings. The molecule has 0 aromatic heterocycles. The summed E-state index contributed by atoms with van der Waals surface area (Å²) in [5, 5.41) is 21.4. The van der Waals surface area contributed by atoms with Crippen LogP contribution in [0.5, 0.6) is 0 Å². The van der Waals surface area contributed by atoms with Gasteiger partial charge in [-0.2, -0.15) is 0 Å². The molecule has 0 aliphatic rings. The van der Waals surface area contributed by atoms with E-state index in [0.29, 0.717) is 0 Å². The number of aliphatic hydroxyl groups excluding tert-OH is 2. The molecule has 0 spiro atoms. The van der Waals surface area contributed by atoms with Gasteiger partial charge in [0.25, 0.3) is 0 Å². The number of carbonyl (C=O) groups excluding carboxylic acids is 2. The van der Waals surface area contributed by atoms with Gasteiger partial charge in [0.2, 0.25) is 11.8 Å². The highest BCUT2D eigenvalue weighted by Gasteiger charge is 1.96. The molecule has 0 bridgehead atoms. The maximum atomic E-state index is 10.8. The Morgan fingerprint density at radius 2 is 1.29 bits per heavy atom. The van der Waals surface area contributed by atoms with E-state index >= 15 is 0 Å². The first-order valence-electron chi connectivity index (χ1n) is 4.16. The molecule has 0 aromatic carbocycles. The summed E-state index contributed by atoms with van der Waals surface area (Å²) in [5.41, 5.74) is 0. The third-order valence-electron chi connectivity index (χ3n) is 1.21. The molecule has 0 aliphatic heterocycles. The van der Waals surface area contributed by atoms with E-state index in [-0.39, 0.29) is 26.3 Å². The van der Waals surface area contributed by atoms with Crippen LogP contribution in [0.15, 0.2) is 12.2 Å². The van der Waals surface area contributed by atoms with Crippen LogP contribution in [-0.4, -0.2) is 48.3 Å². The van der Waals surface area contributed by atoms with Crippen molar-refractivity contribution in [1.82, 2.24) is 10.6 Å². The van der Waals surface area contributed by atoms with E-state index in [0.717, 1.165) is 12.2 Å². The lowest BCUT2D eigenvalue weighted by Gasteiger charge is -1.98. The summed E-state index contributed by atoms with van der Waals surface area (Å²) >= 11 is 0. The molecule has 6 heteroatoms. The van der Waals surface area contributed by atoms with Crippen molar-refractivity contribution in [1.29, 1.82) is 0 Å². The van der Waals surface area contributed by atoms with Crippen molar-refractivity contribution in [2.45, 2.75) is 0 Å². The summed E-state index contributed by atoms with van der Waals surface area (Å²) in [6, 6.07) is 0. The van der Waals surface area contributed by atoms with Crippen molar-refractivity contribution in [2.75, 3.05) is 26.3 Å². The Labute approximate surface area is 81.6 Å². The second-order valence-electron chi connectivity index (χ2n) is 2.36. The van der Waals surface area contributed by atoms with Crippen molar-refractivity contribution in [3.63, 3.8) is 0 Å². The first kappa shape index (κ1) is 12.6. The molecule has 0 unspecified atom stereocenters. The number of carbonyl (C=O) groups is 2. The standard InChI is InChI=1S/C8H14N2O4/c11-5-3-9-7(13)1-2-8(14)10-4-6-12/h1-2,11-12H,3-6H2,(H,9,13)(H,10,14). The molecule has 0 atom stereocenters. The molecule has 0 fully saturated rings. The lowest BCUT2D eigenvalue weighted by molar-refractivity contribution is -0.118. The molecule has 0 saturated carbocycles. The fraction of sp³-hybridized carbons (Fsp3) is 0.500. The van der Waals surface area contributed by atoms with Crippen LogP contribution in [0.3, 0.4) is 0 Å². The minimum absolute atomic E-state index is 0.143. The summed E-state index contributed by atoms with van der Waals surface area (Å²) in [6.45, 7) is 0.0233. The first-order valence-corrected chi connectivity index (χ1v) is 4.16. The number of nitrogens with one attached hydrogen (secondary N) is 2. The van der Waals surface area contributed by atoms with E-state index in [2.05, 4.69) is 10.6 Å². The van der Waals surface area contributed by atoms with Crippen LogP contribution in [0.25, 0.3) is 0 Å². The molecule has 80 valence electrons. The monoisotopic (exact) mass is 202 g/mol. The van der Waals surface area contributed by atoms with Crippen LogP contribution in [0.4, 0.5) is 0 Å². The van der Waals surface area contributed by atoms with Gasteiger partial charge in [-0.1, -0.05) is 0 Å². The Bertz CT molecular complexity index is 193. The topological polar surface area (TPSA) is 98.7 Å². The normalized spacial score (nSPS) is 10.1. The van der Waals surface area contributed by atoms with Crippen molar-refractivity contribution >= 4 is 11.8 Å². The van der Waals surface area contributed by atoms with Gasteiger partial charge in [-0.05, 0) is 0 Å². The quantitative estimate of drug-likeness (QED) is 0.366. The molecule has 0 heterocycles. The van der Waals surface area contributed by atoms with Gasteiger partial charge in [-0.15, -0.1) is 0 Å². The van der Waals surface area contributed by atoms with E-state index in [1.165, 1.54) is 0 Å². The highest BCUT2D eigenvalue weighted by atomic mass is 16.3. The molecular formula is C8H14N2O4. The molecule has 2 amide bonds. The van der Waals surface area contributed by atoms with E-state index in [4.69, 9.17) is 10.2 Å². The number of hydrogen-bond donors (Lipinski definition) is 4. The molecule has 0 radical (unpaired) electrons. The minimum atomic E-state index is -0.446. The Hall–Kier alpha value is -1.40. The van der Waals surface area contributed by atoms with Crippen LogP contribution in [0.1, 0.15) is 0 Å². The molecule has 4 N–H and O–H groups in total. The largest absolute Gasteiger partial charge is 0.395 e. The summed E-state index contributed by atoms with van der Waals surface area (Å²) in [6.07, 6.45) is 2.12. The van der Waals surface area contributed by atoms with Crippen molar-refractivity contribution < 1.29 is 19.8 Å². The van der Waals surface area contributed by atoms with Gasteiger partial charge in [-0.25, -0.2) is 0 Å². The Kier molecular flexibility index (Phi) is 7.39. The Morgan fingerprint density at radius 3 is 1.57 bits per heavy atom. The average molecular weight is 202 g/mol. The fourth-order valence-corrected chi connectivity index (χ4v) is 0.627. The average Bonchev–Trinajstić information content (AvgIpc) is 2.20. The SMILES string of the molecule is O=C(C=CC(=O)NCCO)NCCO. The van der Waals surface area contributed by atoms with Gasteiger partial charge in [0.05, 0.1) is 13.2 Å². The third kappa shape index (κ3) is 7.26. The summed E-state index contributed by atoms with van der Waals surface area (Å²) in [7, 11) is 0. The van der Waals surface area contributed by atoms with E-state index in [9.17, 15) is 9.59 Å². The van der Waals surface area contributed by atoms with Crippen molar-refractivity contribution in [3.05, 3.63) is 12.2 Å². The van der Waals surface area contributed by atoms with E-state index < -0.39 is 11.8 Å². The van der Waals surface area contributed by atoms with E-state index in [1.807, 2.05) is 0 Å². The minimum Gasteiger partial charge on any atom is -0.395 e. The number of hydrogen-bond acceptors (Lipinski definition) is 4. The Balaban J connectivity index is 3.68. The zero-order chi connectivity index (χ0) is 10.8. The smallest absolute Gasteiger partial charge is 0.244 e. The van der Waals surface area contributed by atoms with Gasteiger partial charge < -0.3 is 20.8 Å². The van der Waals surface area contributed by atoms with Crippen molar-refractivity contribution in [3.8, 4) is 0 Å². The summed E-state index contributed by atoms with van der Waals surface area (Å²) < 4.78 is 0.